The lowest BCUT2D eigenvalue weighted by Gasteiger charge is -2.31. The fourth-order valence-electron chi connectivity index (χ4n) is 3.25. The van der Waals surface area contributed by atoms with Gasteiger partial charge in [-0.3, -0.25) is 4.90 Å². The van der Waals surface area contributed by atoms with Crippen LogP contribution in [0.5, 0.6) is 0 Å². The molecule has 0 bridgehead atoms. The molecule has 2 fully saturated rings. The Morgan fingerprint density at radius 1 is 1.21 bits per heavy atom. The summed E-state index contributed by atoms with van der Waals surface area (Å²) in [7, 11) is 0. The molecule has 1 unspecified atom stereocenters. The van der Waals surface area contributed by atoms with Gasteiger partial charge in [0, 0.05) is 35.7 Å². The molecule has 112 valence electrons. The van der Waals surface area contributed by atoms with Crippen LogP contribution in [0.3, 0.4) is 0 Å². The zero-order valence-corrected chi connectivity index (χ0v) is 13.9. The monoisotopic (exact) mass is 284 g/mol. The van der Waals surface area contributed by atoms with Crippen molar-refractivity contribution in [3.63, 3.8) is 0 Å². The van der Waals surface area contributed by atoms with Crippen LogP contribution in [0.2, 0.25) is 0 Å². The van der Waals surface area contributed by atoms with E-state index in [1.165, 1.54) is 63.9 Å². The third-order valence-corrected chi connectivity index (χ3v) is 6.18. The smallest absolute Gasteiger partial charge is 0.0192 e. The van der Waals surface area contributed by atoms with Gasteiger partial charge in [-0.15, -0.1) is 0 Å². The molecule has 2 aliphatic rings. The van der Waals surface area contributed by atoms with Crippen molar-refractivity contribution in [2.24, 2.45) is 0 Å². The van der Waals surface area contributed by atoms with E-state index in [0.29, 0.717) is 10.8 Å². The second kappa shape index (κ2) is 7.33. The SMILES string of the molecule is CC(CNC1CCCCC1)N1CCSC(C)(C)CC1. The molecule has 1 atom stereocenters. The molecule has 0 aromatic carbocycles. The quantitative estimate of drug-likeness (QED) is 0.850. The molecular formula is C16H32N2S. The zero-order chi connectivity index (χ0) is 13.7. The van der Waals surface area contributed by atoms with E-state index < -0.39 is 0 Å². The molecular weight excluding hydrogens is 252 g/mol. The van der Waals surface area contributed by atoms with Gasteiger partial charge in [-0.1, -0.05) is 33.1 Å². The molecule has 0 radical (unpaired) electrons. The highest BCUT2D eigenvalue weighted by Crippen LogP contribution is 2.31. The van der Waals surface area contributed by atoms with Crippen LogP contribution in [0.4, 0.5) is 0 Å². The average Bonchev–Trinajstić information content (AvgIpc) is 2.58. The molecule has 1 aliphatic heterocycles. The highest BCUT2D eigenvalue weighted by molar-refractivity contribution is 8.00. The summed E-state index contributed by atoms with van der Waals surface area (Å²) in [6.45, 7) is 10.9. The Labute approximate surface area is 124 Å². The Balaban J connectivity index is 1.71. The molecule has 0 aromatic rings. The first-order valence-electron chi connectivity index (χ1n) is 8.18. The van der Waals surface area contributed by atoms with E-state index in [2.05, 4.69) is 42.7 Å². The molecule has 1 heterocycles. The molecule has 2 nitrogen and oxygen atoms in total. The Hall–Kier alpha value is 0.270. The highest BCUT2D eigenvalue weighted by Gasteiger charge is 2.26. The Bertz CT molecular complexity index is 261. The van der Waals surface area contributed by atoms with Crippen molar-refractivity contribution in [1.29, 1.82) is 0 Å². The Morgan fingerprint density at radius 2 is 1.95 bits per heavy atom. The van der Waals surface area contributed by atoms with Gasteiger partial charge in [0.1, 0.15) is 0 Å². The van der Waals surface area contributed by atoms with Crippen LogP contribution in [0.25, 0.3) is 0 Å². The van der Waals surface area contributed by atoms with Crippen LogP contribution < -0.4 is 5.32 Å². The van der Waals surface area contributed by atoms with E-state index in [0.717, 1.165) is 6.04 Å². The van der Waals surface area contributed by atoms with Crippen LogP contribution in [0.1, 0.15) is 59.3 Å². The van der Waals surface area contributed by atoms with E-state index >= 15 is 0 Å². The summed E-state index contributed by atoms with van der Waals surface area (Å²) >= 11 is 2.15. The van der Waals surface area contributed by atoms with Crippen molar-refractivity contribution in [3.05, 3.63) is 0 Å². The predicted molar refractivity (Wildman–Crippen MR) is 87.1 cm³/mol. The standard InChI is InChI=1S/C16H32N2S/c1-14(13-17-15-7-5-4-6-8-15)18-10-9-16(2,3)19-12-11-18/h14-15,17H,4-13H2,1-3H3. The van der Waals surface area contributed by atoms with E-state index in [-0.39, 0.29) is 0 Å². The fraction of sp³-hybridized carbons (Fsp3) is 1.00. The van der Waals surface area contributed by atoms with E-state index in [4.69, 9.17) is 0 Å². The molecule has 0 spiro atoms. The van der Waals surface area contributed by atoms with Crippen LogP contribution in [0.15, 0.2) is 0 Å². The predicted octanol–water partition coefficient (Wildman–Crippen LogP) is 3.51. The minimum absolute atomic E-state index is 0.477. The minimum atomic E-state index is 0.477. The van der Waals surface area contributed by atoms with Crippen molar-refractivity contribution in [2.45, 2.75) is 76.1 Å². The van der Waals surface area contributed by atoms with Gasteiger partial charge in [-0.25, -0.2) is 0 Å². The summed E-state index contributed by atoms with van der Waals surface area (Å²) in [5, 5.41) is 3.81. The zero-order valence-electron chi connectivity index (χ0n) is 13.1. The molecule has 19 heavy (non-hydrogen) atoms. The van der Waals surface area contributed by atoms with Gasteiger partial charge in [0.05, 0.1) is 0 Å². The first-order valence-corrected chi connectivity index (χ1v) is 9.17. The first-order chi connectivity index (χ1) is 9.07. The molecule has 1 aliphatic carbocycles. The Kier molecular flexibility index (Phi) is 6.04. The number of rotatable bonds is 4. The van der Waals surface area contributed by atoms with Gasteiger partial charge in [0.15, 0.2) is 0 Å². The summed E-state index contributed by atoms with van der Waals surface area (Å²) in [6, 6.07) is 1.49. The third kappa shape index (κ3) is 5.28. The summed E-state index contributed by atoms with van der Waals surface area (Å²) in [5.74, 6) is 1.29. The summed E-state index contributed by atoms with van der Waals surface area (Å²) in [6.07, 6.45) is 8.43. The minimum Gasteiger partial charge on any atom is -0.312 e. The number of nitrogens with zero attached hydrogens (tertiary/aromatic N) is 1. The molecule has 3 heteroatoms. The van der Waals surface area contributed by atoms with E-state index in [1.54, 1.807) is 0 Å². The van der Waals surface area contributed by atoms with E-state index in [9.17, 15) is 0 Å². The molecule has 2 rings (SSSR count). The van der Waals surface area contributed by atoms with Gasteiger partial charge in [-0.2, -0.15) is 11.8 Å². The van der Waals surface area contributed by atoms with E-state index in [1.807, 2.05) is 0 Å². The highest BCUT2D eigenvalue weighted by atomic mass is 32.2. The lowest BCUT2D eigenvalue weighted by atomic mass is 9.95. The fourth-order valence-corrected chi connectivity index (χ4v) is 4.36. The van der Waals surface area contributed by atoms with Crippen molar-refractivity contribution in [1.82, 2.24) is 10.2 Å². The second-order valence-corrected chi connectivity index (χ2v) is 8.79. The molecule has 0 aromatic heterocycles. The number of thioether (sulfide) groups is 1. The Morgan fingerprint density at radius 3 is 2.68 bits per heavy atom. The number of hydrogen-bond donors (Lipinski definition) is 1. The summed E-state index contributed by atoms with van der Waals surface area (Å²) in [5.41, 5.74) is 0. The van der Waals surface area contributed by atoms with Crippen LogP contribution in [-0.4, -0.2) is 47.1 Å². The molecule has 0 amide bonds. The van der Waals surface area contributed by atoms with Gasteiger partial charge >= 0.3 is 0 Å². The maximum Gasteiger partial charge on any atom is 0.0192 e. The lowest BCUT2D eigenvalue weighted by Crippen LogP contribution is -2.45. The van der Waals surface area contributed by atoms with Gasteiger partial charge < -0.3 is 5.32 Å². The average molecular weight is 285 g/mol. The van der Waals surface area contributed by atoms with Gasteiger partial charge in [0.25, 0.3) is 0 Å². The topological polar surface area (TPSA) is 15.3 Å². The van der Waals surface area contributed by atoms with Crippen molar-refractivity contribution in [2.75, 3.05) is 25.4 Å². The summed E-state index contributed by atoms with van der Waals surface area (Å²) in [4.78, 5) is 2.69. The van der Waals surface area contributed by atoms with Gasteiger partial charge in [0.2, 0.25) is 0 Å². The van der Waals surface area contributed by atoms with Crippen molar-refractivity contribution < 1.29 is 0 Å². The van der Waals surface area contributed by atoms with Gasteiger partial charge in [-0.05, 0) is 32.7 Å². The largest absolute Gasteiger partial charge is 0.312 e. The van der Waals surface area contributed by atoms with Crippen molar-refractivity contribution >= 4 is 11.8 Å². The first kappa shape index (κ1) is 15.7. The molecule has 1 N–H and O–H groups in total. The molecule has 1 saturated heterocycles. The maximum absolute atomic E-state index is 3.81. The van der Waals surface area contributed by atoms with Crippen LogP contribution in [-0.2, 0) is 0 Å². The second-order valence-electron chi connectivity index (χ2n) is 6.99. The van der Waals surface area contributed by atoms with Crippen LogP contribution in [0, 0.1) is 0 Å². The number of nitrogens with one attached hydrogen (secondary N) is 1. The maximum atomic E-state index is 3.81. The lowest BCUT2D eigenvalue weighted by molar-refractivity contribution is 0.204. The number of hydrogen-bond acceptors (Lipinski definition) is 3. The molecule has 1 saturated carbocycles. The van der Waals surface area contributed by atoms with Crippen LogP contribution >= 0.6 is 11.8 Å². The summed E-state index contributed by atoms with van der Waals surface area (Å²) < 4.78 is 0.477. The van der Waals surface area contributed by atoms with Crippen molar-refractivity contribution in [3.8, 4) is 0 Å². The third-order valence-electron chi connectivity index (χ3n) is 4.80. The normalized spacial score (nSPS) is 27.9.